The highest BCUT2D eigenvalue weighted by Gasteiger charge is 2.13. The third-order valence-corrected chi connectivity index (χ3v) is 4.85. The van der Waals surface area contributed by atoms with E-state index in [0.717, 1.165) is 34.8 Å². The van der Waals surface area contributed by atoms with Crippen LogP contribution in [-0.2, 0) is 0 Å². The number of ether oxygens (including phenoxy) is 3. The van der Waals surface area contributed by atoms with E-state index in [0.29, 0.717) is 0 Å². The molecule has 28 heavy (non-hydrogen) atoms. The van der Waals surface area contributed by atoms with Crippen molar-refractivity contribution in [2.24, 2.45) is 0 Å². The van der Waals surface area contributed by atoms with E-state index in [4.69, 9.17) is 14.2 Å². The van der Waals surface area contributed by atoms with Crippen molar-refractivity contribution < 1.29 is 14.2 Å². The fourth-order valence-electron chi connectivity index (χ4n) is 3.35. The summed E-state index contributed by atoms with van der Waals surface area (Å²) in [7, 11) is 5.06. The fourth-order valence-corrected chi connectivity index (χ4v) is 3.35. The second-order valence-corrected chi connectivity index (χ2v) is 6.39. The molecule has 3 heteroatoms. The van der Waals surface area contributed by atoms with Crippen LogP contribution in [0.15, 0.2) is 72.8 Å². The highest BCUT2D eigenvalue weighted by atomic mass is 16.5. The van der Waals surface area contributed by atoms with Gasteiger partial charge in [-0.2, -0.15) is 0 Å². The smallest absolute Gasteiger partial charge is 0.118 e. The molecule has 0 unspecified atom stereocenters. The Bertz CT molecular complexity index is 872. The lowest BCUT2D eigenvalue weighted by Crippen LogP contribution is -1.96. The number of benzene rings is 3. The number of hydrogen-bond donors (Lipinski definition) is 0. The number of allylic oxidation sites excluding steroid dienone is 1. The second kappa shape index (κ2) is 9.14. The van der Waals surface area contributed by atoms with Gasteiger partial charge in [-0.15, -0.1) is 0 Å². The molecule has 0 spiro atoms. The third-order valence-electron chi connectivity index (χ3n) is 4.85. The van der Waals surface area contributed by atoms with Crippen molar-refractivity contribution >= 4 is 11.1 Å². The van der Waals surface area contributed by atoms with Gasteiger partial charge in [0, 0.05) is 0 Å². The molecule has 144 valence electrons. The van der Waals surface area contributed by atoms with Crippen LogP contribution in [0.4, 0.5) is 0 Å². The van der Waals surface area contributed by atoms with Crippen LogP contribution in [0.25, 0.3) is 11.1 Å². The minimum atomic E-state index is 0.848. The molecule has 0 heterocycles. The minimum Gasteiger partial charge on any atom is -0.497 e. The van der Waals surface area contributed by atoms with Crippen LogP contribution in [0.2, 0.25) is 0 Å². The van der Waals surface area contributed by atoms with Gasteiger partial charge in [0.25, 0.3) is 0 Å². The van der Waals surface area contributed by atoms with E-state index in [1.807, 2.05) is 36.4 Å². The Morgan fingerprint density at radius 1 is 0.536 bits per heavy atom. The predicted molar refractivity (Wildman–Crippen MR) is 115 cm³/mol. The van der Waals surface area contributed by atoms with Crippen LogP contribution >= 0.6 is 0 Å². The van der Waals surface area contributed by atoms with Gasteiger partial charge >= 0.3 is 0 Å². The molecule has 0 aromatic heterocycles. The Balaban J connectivity index is 2.19. The van der Waals surface area contributed by atoms with E-state index in [2.05, 4.69) is 43.3 Å². The summed E-state index contributed by atoms with van der Waals surface area (Å²) < 4.78 is 16.0. The van der Waals surface area contributed by atoms with Crippen molar-refractivity contribution in [3.05, 3.63) is 89.5 Å². The van der Waals surface area contributed by atoms with Gasteiger partial charge in [0.05, 0.1) is 21.3 Å². The maximum atomic E-state index is 5.34. The number of rotatable bonds is 7. The highest BCUT2D eigenvalue weighted by Crippen LogP contribution is 2.36. The van der Waals surface area contributed by atoms with Crippen molar-refractivity contribution in [2.45, 2.75) is 13.3 Å². The lowest BCUT2D eigenvalue weighted by Gasteiger charge is -2.17. The molecule has 0 aliphatic rings. The van der Waals surface area contributed by atoms with Crippen LogP contribution in [0.5, 0.6) is 17.2 Å². The molecule has 3 aromatic carbocycles. The Kier molecular flexibility index (Phi) is 6.38. The molecule has 0 saturated heterocycles. The first-order valence-electron chi connectivity index (χ1n) is 9.36. The molecule has 0 atom stereocenters. The summed E-state index contributed by atoms with van der Waals surface area (Å²) >= 11 is 0. The highest BCUT2D eigenvalue weighted by molar-refractivity contribution is 5.98. The van der Waals surface area contributed by atoms with Gasteiger partial charge in [-0.05, 0) is 70.7 Å². The first-order valence-corrected chi connectivity index (χ1v) is 9.36. The second-order valence-electron chi connectivity index (χ2n) is 6.39. The summed E-state index contributed by atoms with van der Waals surface area (Å²) in [6, 6.07) is 24.7. The van der Waals surface area contributed by atoms with E-state index >= 15 is 0 Å². The topological polar surface area (TPSA) is 27.7 Å². The van der Waals surface area contributed by atoms with Gasteiger partial charge in [0.15, 0.2) is 0 Å². The summed E-state index contributed by atoms with van der Waals surface area (Å²) in [6.07, 6.45) is 0.903. The molecule has 0 aliphatic carbocycles. The van der Waals surface area contributed by atoms with Crippen LogP contribution < -0.4 is 14.2 Å². The number of methoxy groups -OCH3 is 3. The molecule has 3 aromatic rings. The molecule has 3 nitrogen and oxygen atoms in total. The quantitative estimate of drug-likeness (QED) is 0.469. The average molecular weight is 374 g/mol. The Morgan fingerprint density at radius 3 is 1.14 bits per heavy atom. The van der Waals surface area contributed by atoms with Gasteiger partial charge < -0.3 is 14.2 Å². The van der Waals surface area contributed by atoms with E-state index in [1.54, 1.807) is 21.3 Å². The molecule has 0 aliphatic heterocycles. The minimum absolute atomic E-state index is 0.848. The zero-order chi connectivity index (χ0) is 19.9. The fraction of sp³-hybridized carbons (Fsp3) is 0.200. The van der Waals surface area contributed by atoms with Gasteiger partial charge in [-0.1, -0.05) is 43.3 Å². The Labute approximate surface area is 167 Å². The van der Waals surface area contributed by atoms with E-state index in [1.165, 1.54) is 16.7 Å². The van der Waals surface area contributed by atoms with Crippen LogP contribution in [0.3, 0.4) is 0 Å². The van der Waals surface area contributed by atoms with Crippen molar-refractivity contribution in [3.63, 3.8) is 0 Å². The van der Waals surface area contributed by atoms with Gasteiger partial charge in [-0.3, -0.25) is 0 Å². The van der Waals surface area contributed by atoms with Crippen LogP contribution in [0.1, 0.15) is 30.0 Å². The van der Waals surface area contributed by atoms with Crippen molar-refractivity contribution in [1.82, 2.24) is 0 Å². The molecular weight excluding hydrogens is 348 g/mol. The lowest BCUT2D eigenvalue weighted by molar-refractivity contribution is 0.414. The van der Waals surface area contributed by atoms with Crippen molar-refractivity contribution in [3.8, 4) is 17.2 Å². The molecule has 0 radical (unpaired) electrons. The summed E-state index contributed by atoms with van der Waals surface area (Å²) in [4.78, 5) is 0. The van der Waals surface area contributed by atoms with Crippen molar-refractivity contribution in [1.29, 1.82) is 0 Å². The van der Waals surface area contributed by atoms with E-state index in [-0.39, 0.29) is 0 Å². The monoisotopic (exact) mass is 374 g/mol. The molecule has 0 fully saturated rings. The first-order chi connectivity index (χ1) is 13.7. The maximum Gasteiger partial charge on any atom is 0.118 e. The summed E-state index contributed by atoms with van der Waals surface area (Å²) in [5, 5.41) is 0. The normalized spacial score (nSPS) is 10.3. The molecule has 0 bridgehead atoms. The zero-order valence-electron chi connectivity index (χ0n) is 16.9. The average Bonchev–Trinajstić information content (AvgIpc) is 2.78. The third kappa shape index (κ3) is 4.20. The van der Waals surface area contributed by atoms with E-state index in [9.17, 15) is 0 Å². The van der Waals surface area contributed by atoms with Gasteiger partial charge in [-0.25, -0.2) is 0 Å². The number of hydrogen-bond acceptors (Lipinski definition) is 3. The SMILES string of the molecule is CCC(=C(c1ccc(OC)cc1)c1ccc(OC)cc1)c1ccc(OC)cc1. The molecule has 0 saturated carbocycles. The zero-order valence-corrected chi connectivity index (χ0v) is 16.9. The van der Waals surface area contributed by atoms with Gasteiger partial charge in [0.1, 0.15) is 17.2 Å². The largest absolute Gasteiger partial charge is 0.497 e. The Morgan fingerprint density at radius 2 is 0.857 bits per heavy atom. The lowest BCUT2D eigenvalue weighted by atomic mass is 9.88. The Hall–Kier alpha value is -3.20. The molecule has 0 N–H and O–H groups in total. The predicted octanol–water partition coefficient (Wildman–Crippen LogP) is 6.08. The van der Waals surface area contributed by atoms with Crippen molar-refractivity contribution in [2.75, 3.05) is 21.3 Å². The standard InChI is InChI=1S/C25H26O3/c1-5-24(18-6-12-21(26-2)13-7-18)25(19-8-14-22(27-3)15-9-19)20-10-16-23(28-4)17-11-20/h6-17H,5H2,1-4H3. The maximum absolute atomic E-state index is 5.34. The summed E-state index contributed by atoms with van der Waals surface area (Å²) in [5.74, 6) is 2.55. The first kappa shape index (κ1) is 19.6. The molecule has 0 amide bonds. The summed E-state index contributed by atoms with van der Waals surface area (Å²) in [5.41, 5.74) is 5.97. The van der Waals surface area contributed by atoms with Crippen LogP contribution in [0, 0.1) is 0 Å². The summed E-state index contributed by atoms with van der Waals surface area (Å²) in [6.45, 7) is 2.19. The van der Waals surface area contributed by atoms with E-state index < -0.39 is 0 Å². The molecular formula is C25H26O3. The van der Waals surface area contributed by atoms with Crippen LogP contribution in [-0.4, -0.2) is 21.3 Å². The molecule has 3 rings (SSSR count). The van der Waals surface area contributed by atoms with Gasteiger partial charge in [0.2, 0.25) is 0 Å².